The number of carbonyl (C=O) groups is 1. The summed E-state index contributed by atoms with van der Waals surface area (Å²) in [6.45, 7) is 4.17. The van der Waals surface area contributed by atoms with Crippen LogP contribution in [0.2, 0.25) is 0 Å². The van der Waals surface area contributed by atoms with Crippen molar-refractivity contribution in [3.8, 4) is 11.5 Å². The van der Waals surface area contributed by atoms with Crippen molar-refractivity contribution in [3.05, 3.63) is 23.8 Å². The number of rotatable bonds is 9. The van der Waals surface area contributed by atoms with Crippen molar-refractivity contribution in [3.63, 3.8) is 0 Å². The molecule has 0 radical (unpaired) electrons. The second kappa shape index (κ2) is 9.20. The highest BCUT2D eigenvalue weighted by Gasteiger charge is 2.06. The standard InChI is InChI=1S/C15H23NO4/c1-4-16-11-12-7-8-13(18-2)10-14(12)20-9-5-6-15(17)19-3/h7-8,10,16H,4-6,9,11H2,1-3H3. The van der Waals surface area contributed by atoms with Crippen LogP contribution in [-0.4, -0.2) is 33.3 Å². The summed E-state index contributed by atoms with van der Waals surface area (Å²) in [4.78, 5) is 11.0. The van der Waals surface area contributed by atoms with Crippen LogP contribution in [-0.2, 0) is 16.1 Å². The van der Waals surface area contributed by atoms with Crippen molar-refractivity contribution in [2.75, 3.05) is 27.4 Å². The van der Waals surface area contributed by atoms with Gasteiger partial charge in [-0.2, -0.15) is 0 Å². The van der Waals surface area contributed by atoms with Gasteiger partial charge in [-0.25, -0.2) is 0 Å². The number of carbonyl (C=O) groups excluding carboxylic acids is 1. The van der Waals surface area contributed by atoms with E-state index >= 15 is 0 Å². The van der Waals surface area contributed by atoms with Gasteiger partial charge in [0, 0.05) is 24.6 Å². The fraction of sp³-hybridized carbons (Fsp3) is 0.533. The zero-order valence-electron chi connectivity index (χ0n) is 12.4. The summed E-state index contributed by atoms with van der Waals surface area (Å²) in [7, 11) is 3.01. The molecule has 1 rings (SSSR count). The lowest BCUT2D eigenvalue weighted by Crippen LogP contribution is -2.13. The van der Waals surface area contributed by atoms with Crippen LogP contribution < -0.4 is 14.8 Å². The molecule has 1 aromatic carbocycles. The molecule has 0 saturated heterocycles. The monoisotopic (exact) mass is 281 g/mol. The smallest absolute Gasteiger partial charge is 0.305 e. The molecule has 0 heterocycles. The third-order valence-electron chi connectivity index (χ3n) is 2.85. The summed E-state index contributed by atoms with van der Waals surface area (Å²) in [5, 5.41) is 3.27. The molecular formula is C15H23NO4. The highest BCUT2D eigenvalue weighted by Crippen LogP contribution is 2.25. The van der Waals surface area contributed by atoms with Gasteiger partial charge in [-0.1, -0.05) is 13.0 Å². The molecule has 5 heteroatoms. The number of ether oxygens (including phenoxy) is 3. The summed E-state index contributed by atoms with van der Waals surface area (Å²) < 4.78 is 15.5. The molecule has 0 atom stereocenters. The van der Waals surface area contributed by atoms with Crippen LogP contribution in [0.25, 0.3) is 0 Å². The molecule has 0 saturated carbocycles. The molecule has 0 unspecified atom stereocenters. The van der Waals surface area contributed by atoms with E-state index in [1.54, 1.807) is 7.11 Å². The van der Waals surface area contributed by atoms with Crippen LogP contribution in [0.15, 0.2) is 18.2 Å². The normalized spacial score (nSPS) is 10.2. The molecule has 112 valence electrons. The Morgan fingerprint density at radius 2 is 2.10 bits per heavy atom. The zero-order chi connectivity index (χ0) is 14.8. The molecule has 1 N–H and O–H groups in total. The number of hydrogen-bond donors (Lipinski definition) is 1. The lowest BCUT2D eigenvalue weighted by Gasteiger charge is -2.13. The van der Waals surface area contributed by atoms with Gasteiger partial charge in [0.15, 0.2) is 0 Å². The van der Waals surface area contributed by atoms with Gasteiger partial charge in [0.25, 0.3) is 0 Å². The minimum atomic E-state index is -0.216. The van der Waals surface area contributed by atoms with Crippen LogP contribution in [0.1, 0.15) is 25.3 Å². The Bertz CT molecular complexity index is 420. The van der Waals surface area contributed by atoms with E-state index in [0.717, 1.165) is 30.2 Å². The first kappa shape index (κ1) is 16.3. The van der Waals surface area contributed by atoms with E-state index in [2.05, 4.69) is 17.0 Å². The Balaban J connectivity index is 2.57. The first-order valence-corrected chi connectivity index (χ1v) is 6.78. The van der Waals surface area contributed by atoms with Gasteiger partial charge >= 0.3 is 5.97 Å². The maximum Gasteiger partial charge on any atom is 0.305 e. The van der Waals surface area contributed by atoms with Crippen molar-refractivity contribution in [1.29, 1.82) is 0 Å². The van der Waals surface area contributed by atoms with E-state index in [9.17, 15) is 4.79 Å². The van der Waals surface area contributed by atoms with E-state index in [-0.39, 0.29) is 5.97 Å². The molecule has 0 aliphatic carbocycles. The SMILES string of the molecule is CCNCc1ccc(OC)cc1OCCCC(=O)OC. The molecule has 0 fully saturated rings. The zero-order valence-corrected chi connectivity index (χ0v) is 12.4. The van der Waals surface area contributed by atoms with Crippen LogP contribution in [0, 0.1) is 0 Å². The summed E-state index contributed by atoms with van der Waals surface area (Å²) in [5.41, 5.74) is 1.07. The van der Waals surface area contributed by atoms with Crippen molar-refractivity contribution >= 4 is 5.97 Å². The molecule has 1 aromatic rings. The molecule has 0 aliphatic rings. The van der Waals surface area contributed by atoms with Crippen molar-refractivity contribution in [2.45, 2.75) is 26.3 Å². The third kappa shape index (κ3) is 5.48. The van der Waals surface area contributed by atoms with E-state index in [4.69, 9.17) is 9.47 Å². The predicted molar refractivity (Wildman–Crippen MR) is 77.1 cm³/mol. The molecule has 0 spiro atoms. The topological polar surface area (TPSA) is 56.8 Å². The Morgan fingerprint density at radius 3 is 2.75 bits per heavy atom. The maximum atomic E-state index is 11.0. The maximum absolute atomic E-state index is 11.0. The summed E-state index contributed by atoms with van der Waals surface area (Å²) in [5.74, 6) is 1.33. The molecule has 20 heavy (non-hydrogen) atoms. The van der Waals surface area contributed by atoms with Gasteiger partial charge in [-0.3, -0.25) is 4.79 Å². The lowest BCUT2D eigenvalue weighted by molar-refractivity contribution is -0.140. The average molecular weight is 281 g/mol. The Kier molecular flexibility index (Phi) is 7.50. The minimum absolute atomic E-state index is 0.216. The van der Waals surface area contributed by atoms with E-state index in [0.29, 0.717) is 19.4 Å². The molecule has 0 bridgehead atoms. The molecule has 0 aliphatic heterocycles. The van der Waals surface area contributed by atoms with Gasteiger partial charge in [0.05, 0.1) is 20.8 Å². The summed E-state index contributed by atoms with van der Waals surface area (Å²) in [6.07, 6.45) is 0.994. The van der Waals surface area contributed by atoms with Crippen LogP contribution in [0.3, 0.4) is 0 Å². The van der Waals surface area contributed by atoms with E-state index < -0.39 is 0 Å². The molecule has 0 aromatic heterocycles. The van der Waals surface area contributed by atoms with Crippen LogP contribution >= 0.6 is 0 Å². The second-order valence-corrected chi connectivity index (χ2v) is 4.28. The highest BCUT2D eigenvalue weighted by molar-refractivity contribution is 5.69. The van der Waals surface area contributed by atoms with Crippen molar-refractivity contribution in [2.24, 2.45) is 0 Å². The van der Waals surface area contributed by atoms with Gasteiger partial charge in [0.1, 0.15) is 11.5 Å². The van der Waals surface area contributed by atoms with Crippen LogP contribution in [0.4, 0.5) is 0 Å². The lowest BCUT2D eigenvalue weighted by atomic mass is 10.2. The third-order valence-corrected chi connectivity index (χ3v) is 2.85. The quantitative estimate of drug-likeness (QED) is 0.555. The first-order chi connectivity index (χ1) is 9.71. The van der Waals surface area contributed by atoms with Crippen molar-refractivity contribution in [1.82, 2.24) is 5.32 Å². The number of hydrogen-bond acceptors (Lipinski definition) is 5. The summed E-state index contributed by atoms with van der Waals surface area (Å²) in [6, 6.07) is 5.76. The number of nitrogens with one attached hydrogen (secondary N) is 1. The Hall–Kier alpha value is -1.75. The largest absolute Gasteiger partial charge is 0.497 e. The number of benzene rings is 1. The van der Waals surface area contributed by atoms with Gasteiger partial charge in [-0.05, 0) is 19.0 Å². The first-order valence-electron chi connectivity index (χ1n) is 6.78. The van der Waals surface area contributed by atoms with Crippen molar-refractivity contribution < 1.29 is 19.0 Å². The number of methoxy groups -OCH3 is 2. The Morgan fingerprint density at radius 1 is 1.30 bits per heavy atom. The minimum Gasteiger partial charge on any atom is -0.497 e. The summed E-state index contributed by atoms with van der Waals surface area (Å²) >= 11 is 0. The fourth-order valence-corrected chi connectivity index (χ4v) is 1.70. The molecule has 5 nitrogen and oxygen atoms in total. The van der Waals surface area contributed by atoms with Gasteiger partial charge in [0.2, 0.25) is 0 Å². The van der Waals surface area contributed by atoms with Gasteiger partial charge < -0.3 is 19.5 Å². The van der Waals surface area contributed by atoms with Gasteiger partial charge in [-0.15, -0.1) is 0 Å². The van der Waals surface area contributed by atoms with E-state index in [1.165, 1.54) is 7.11 Å². The average Bonchev–Trinajstić information content (AvgIpc) is 2.49. The fourth-order valence-electron chi connectivity index (χ4n) is 1.70. The van der Waals surface area contributed by atoms with E-state index in [1.807, 2.05) is 18.2 Å². The Labute approximate surface area is 120 Å². The van der Waals surface area contributed by atoms with Crippen LogP contribution in [0.5, 0.6) is 11.5 Å². The highest BCUT2D eigenvalue weighted by atomic mass is 16.5. The molecule has 0 amide bonds. The molecular weight excluding hydrogens is 258 g/mol. The predicted octanol–water partition coefficient (Wildman–Crippen LogP) is 2.14. The number of esters is 1. The second-order valence-electron chi connectivity index (χ2n) is 4.28.